The zero-order valence-electron chi connectivity index (χ0n) is 15.2. The Balaban J connectivity index is 0.00000338. The molecule has 0 unspecified atom stereocenters. The van der Waals surface area contributed by atoms with Crippen LogP contribution >= 0.6 is 12.4 Å². The first-order valence-corrected chi connectivity index (χ1v) is 10.1. The smallest absolute Gasteiger partial charge is 0.243 e. The van der Waals surface area contributed by atoms with Gasteiger partial charge in [0.15, 0.2) is 0 Å². The summed E-state index contributed by atoms with van der Waals surface area (Å²) in [7, 11) is -1.99. The number of likely N-dealkylation sites (N-methyl/N-ethyl adjacent to an activating group) is 1. The molecule has 1 aliphatic rings. The second-order valence-corrected chi connectivity index (χ2v) is 7.94. The first-order chi connectivity index (χ1) is 12.0. The normalized spacial score (nSPS) is 15.9. The van der Waals surface area contributed by atoms with Gasteiger partial charge in [-0.25, -0.2) is 8.42 Å². The van der Waals surface area contributed by atoms with Crippen LogP contribution in [0.15, 0.2) is 29.2 Å². The summed E-state index contributed by atoms with van der Waals surface area (Å²) in [4.78, 5) is 12.4. The molecule has 1 aromatic rings. The highest BCUT2D eigenvalue weighted by atomic mass is 35.5. The Morgan fingerprint density at radius 2 is 1.81 bits per heavy atom. The zero-order valence-corrected chi connectivity index (χ0v) is 16.9. The van der Waals surface area contributed by atoms with E-state index in [1.165, 1.54) is 11.4 Å². The number of amides is 1. The van der Waals surface area contributed by atoms with Gasteiger partial charge in [-0.05, 0) is 43.7 Å². The van der Waals surface area contributed by atoms with E-state index >= 15 is 0 Å². The van der Waals surface area contributed by atoms with Gasteiger partial charge in [0.05, 0.1) is 12.0 Å². The molecule has 1 heterocycles. The minimum Gasteiger partial charge on any atom is -0.497 e. The first-order valence-electron chi connectivity index (χ1n) is 8.61. The highest BCUT2D eigenvalue weighted by Crippen LogP contribution is 2.25. The van der Waals surface area contributed by atoms with Crippen molar-refractivity contribution in [2.75, 3.05) is 39.8 Å². The van der Waals surface area contributed by atoms with Gasteiger partial charge in [-0.3, -0.25) is 4.79 Å². The highest BCUT2D eigenvalue weighted by molar-refractivity contribution is 7.89. The monoisotopic (exact) mass is 405 g/mol. The van der Waals surface area contributed by atoms with Crippen LogP contribution in [0.1, 0.15) is 19.8 Å². The number of hydrogen-bond acceptors (Lipinski definition) is 5. The maximum Gasteiger partial charge on any atom is 0.243 e. The third kappa shape index (κ3) is 5.84. The van der Waals surface area contributed by atoms with Crippen molar-refractivity contribution in [2.24, 2.45) is 5.92 Å². The number of carbonyl (C=O) groups excluding carboxylic acids is 1. The first kappa shape index (κ1) is 22.7. The molecule has 0 spiro atoms. The quantitative estimate of drug-likeness (QED) is 0.635. The molecule has 0 bridgehead atoms. The van der Waals surface area contributed by atoms with Crippen LogP contribution in [-0.4, -0.2) is 58.5 Å². The molecule has 26 heavy (non-hydrogen) atoms. The molecule has 0 saturated carbocycles. The highest BCUT2D eigenvalue weighted by Gasteiger charge is 2.31. The summed E-state index contributed by atoms with van der Waals surface area (Å²) in [5, 5.41) is 6.05. The van der Waals surface area contributed by atoms with E-state index in [4.69, 9.17) is 4.74 Å². The number of halogens is 1. The minimum atomic E-state index is -3.52. The van der Waals surface area contributed by atoms with E-state index in [0.29, 0.717) is 38.2 Å². The molecule has 1 aliphatic heterocycles. The summed E-state index contributed by atoms with van der Waals surface area (Å²) >= 11 is 0. The number of piperidine rings is 1. The molecule has 1 saturated heterocycles. The molecule has 1 aromatic carbocycles. The van der Waals surface area contributed by atoms with Crippen LogP contribution in [-0.2, 0) is 14.8 Å². The summed E-state index contributed by atoms with van der Waals surface area (Å²) in [5.74, 6) is 0.509. The fourth-order valence-corrected chi connectivity index (χ4v) is 4.32. The van der Waals surface area contributed by atoms with E-state index in [9.17, 15) is 13.2 Å². The van der Waals surface area contributed by atoms with Crippen LogP contribution in [0.25, 0.3) is 0 Å². The number of nitrogens with one attached hydrogen (secondary N) is 2. The lowest BCUT2D eigenvalue weighted by molar-refractivity contribution is -0.126. The number of sulfonamides is 1. The summed E-state index contributed by atoms with van der Waals surface area (Å²) in [6.45, 7) is 4.95. The van der Waals surface area contributed by atoms with Gasteiger partial charge in [0.1, 0.15) is 5.75 Å². The fraction of sp³-hybridized carbons (Fsp3) is 0.588. The van der Waals surface area contributed by atoms with E-state index in [-0.39, 0.29) is 29.1 Å². The maximum absolute atomic E-state index is 12.7. The number of ether oxygens (including phenoxy) is 1. The van der Waals surface area contributed by atoms with Crippen molar-refractivity contribution in [3.63, 3.8) is 0 Å². The average molecular weight is 406 g/mol. The lowest BCUT2D eigenvalue weighted by Gasteiger charge is -2.30. The Hall–Kier alpha value is -1.35. The number of carbonyl (C=O) groups is 1. The Morgan fingerprint density at radius 3 is 2.35 bits per heavy atom. The number of hydrogen-bond donors (Lipinski definition) is 2. The van der Waals surface area contributed by atoms with Gasteiger partial charge < -0.3 is 15.4 Å². The Kier molecular flexibility index (Phi) is 9.35. The van der Waals surface area contributed by atoms with E-state index in [2.05, 4.69) is 10.6 Å². The van der Waals surface area contributed by atoms with Crippen LogP contribution in [0.5, 0.6) is 5.75 Å². The van der Waals surface area contributed by atoms with Gasteiger partial charge in [-0.1, -0.05) is 6.92 Å². The fourth-order valence-electron chi connectivity index (χ4n) is 2.85. The minimum absolute atomic E-state index is 0. The third-order valence-corrected chi connectivity index (χ3v) is 6.29. The molecule has 1 fully saturated rings. The van der Waals surface area contributed by atoms with Gasteiger partial charge in [-0.2, -0.15) is 4.31 Å². The van der Waals surface area contributed by atoms with Crippen molar-refractivity contribution in [3.05, 3.63) is 24.3 Å². The SMILES string of the molecule is CCNCCNC(=O)C1CCN(S(=O)(=O)c2ccc(OC)cc2)CC1.Cl. The van der Waals surface area contributed by atoms with Gasteiger partial charge in [0.25, 0.3) is 0 Å². The van der Waals surface area contributed by atoms with E-state index in [0.717, 1.165) is 13.1 Å². The number of nitrogens with zero attached hydrogens (tertiary/aromatic N) is 1. The van der Waals surface area contributed by atoms with E-state index < -0.39 is 10.0 Å². The number of benzene rings is 1. The van der Waals surface area contributed by atoms with Crippen molar-refractivity contribution in [1.29, 1.82) is 0 Å². The molecule has 2 rings (SSSR count). The van der Waals surface area contributed by atoms with Crippen molar-refractivity contribution < 1.29 is 17.9 Å². The molecular formula is C17H28ClN3O4S. The van der Waals surface area contributed by atoms with Crippen LogP contribution in [0.4, 0.5) is 0 Å². The summed E-state index contributed by atoms with van der Waals surface area (Å²) in [5.41, 5.74) is 0. The van der Waals surface area contributed by atoms with Crippen molar-refractivity contribution >= 4 is 28.3 Å². The second-order valence-electron chi connectivity index (χ2n) is 6.00. The molecule has 0 radical (unpaired) electrons. The molecule has 0 atom stereocenters. The Labute approximate surface area is 161 Å². The molecular weight excluding hydrogens is 378 g/mol. The topological polar surface area (TPSA) is 87.7 Å². The predicted octanol–water partition coefficient (Wildman–Crippen LogP) is 1.24. The average Bonchev–Trinajstić information content (AvgIpc) is 2.65. The van der Waals surface area contributed by atoms with Crippen LogP contribution in [0.2, 0.25) is 0 Å². The summed E-state index contributed by atoms with van der Waals surface area (Å²) in [6, 6.07) is 6.37. The second kappa shape index (κ2) is 10.7. The van der Waals surface area contributed by atoms with Crippen LogP contribution in [0, 0.1) is 5.92 Å². The lowest BCUT2D eigenvalue weighted by Crippen LogP contribution is -2.44. The molecule has 0 aliphatic carbocycles. The lowest BCUT2D eigenvalue weighted by atomic mass is 9.97. The summed E-state index contributed by atoms with van der Waals surface area (Å²) < 4.78 is 31.9. The van der Waals surface area contributed by atoms with Crippen molar-refractivity contribution in [1.82, 2.24) is 14.9 Å². The van der Waals surface area contributed by atoms with Crippen LogP contribution in [0.3, 0.4) is 0 Å². The third-order valence-electron chi connectivity index (χ3n) is 4.37. The standard InChI is InChI=1S/C17H27N3O4S.ClH/c1-3-18-10-11-19-17(21)14-8-12-20(13-9-14)25(22,23)16-6-4-15(24-2)5-7-16;/h4-7,14,18H,3,8-13H2,1-2H3,(H,19,21);1H. The molecule has 148 valence electrons. The largest absolute Gasteiger partial charge is 0.497 e. The van der Waals surface area contributed by atoms with Gasteiger partial charge >= 0.3 is 0 Å². The Bertz CT molecular complexity index is 659. The van der Waals surface area contributed by atoms with Crippen molar-refractivity contribution in [3.8, 4) is 5.75 Å². The van der Waals surface area contributed by atoms with Gasteiger partial charge in [0.2, 0.25) is 15.9 Å². The summed E-state index contributed by atoms with van der Waals surface area (Å²) in [6.07, 6.45) is 1.09. The van der Waals surface area contributed by atoms with E-state index in [1.807, 2.05) is 6.92 Å². The van der Waals surface area contributed by atoms with Gasteiger partial charge in [-0.15, -0.1) is 12.4 Å². The van der Waals surface area contributed by atoms with E-state index in [1.54, 1.807) is 24.3 Å². The number of methoxy groups -OCH3 is 1. The molecule has 0 aromatic heterocycles. The molecule has 2 N–H and O–H groups in total. The van der Waals surface area contributed by atoms with Crippen LogP contribution < -0.4 is 15.4 Å². The predicted molar refractivity (Wildman–Crippen MR) is 103 cm³/mol. The molecule has 9 heteroatoms. The van der Waals surface area contributed by atoms with Crippen molar-refractivity contribution in [2.45, 2.75) is 24.7 Å². The Morgan fingerprint density at radius 1 is 1.19 bits per heavy atom. The number of rotatable bonds is 8. The maximum atomic E-state index is 12.7. The molecule has 7 nitrogen and oxygen atoms in total. The molecule has 1 amide bonds. The van der Waals surface area contributed by atoms with Gasteiger partial charge in [0, 0.05) is 32.1 Å². The zero-order chi connectivity index (χ0) is 18.3.